The number of halogens is 3. The number of hydrogen-bond acceptors (Lipinski definition) is 3. The number of amides is 1. The van der Waals surface area contributed by atoms with Gasteiger partial charge in [-0.2, -0.15) is 13.2 Å². The number of rotatable bonds is 5. The molecule has 1 atom stereocenters. The largest absolute Gasteiger partial charge is 0.411 e. The van der Waals surface area contributed by atoms with E-state index in [0.717, 1.165) is 0 Å². The minimum absolute atomic E-state index is 0.0728. The van der Waals surface area contributed by atoms with Crippen molar-refractivity contribution in [2.75, 3.05) is 13.2 Å². The van der Waals surface area contributed by atoms with Gasteiger partial charge in [0.05, 0.1) is 6.61 Å². The molecule has 0 radical (unpaired) electrons. The molecule has 0 saturated carbocycles. The summed E-state index contributed by atoms with van der Waals surface area (Å²) in [6.07, 6.45) is -4.13. The number of ether oxygens (including phenoxy) is 1. The molecule has 0 aliphatic carbocycles. The second-order valence-corrected chi connectivity index (χ2v) is 4.17. The highest BCUT2D eigenvalue weighted by Crippen LogP contribution is 2.15. The van der Waals surface area contributed by atoms with Gasteiger partial charge in [0.15, 0.2) is 0 Å². The molecule has 0 aromatic rings. The smallest absolute Gasteiger partial charge is 0.372 e. The predicted octanol–water partition coefficient (Wildman–Crippen LogP) is 1.51. The Balaban J connectivity index is 2.30. The molecular weight excluding hydrogens is 237 g/mol. The SMILES string of the molecule is CC(C)C1N=C(CCOCC(F)(F)F)NC1=O. The summed E-state index contributed by atoms with van der Waals surface area (Å²) in [5.74, 6) is 0.269. The number of hydrogen-bond donors (Lipinski definition) is 1. The summed E-state index contributed by atoms with van der Waals surface area (Å²) < 4.78 is 39.7. The lowest BCUT2D eigenvalue weighted by atomic mass is 10.1. The zero-order valence-corrected chi connectivity index (χ0v) is 9.67. The monoisotopic (exact) mass is 252 g/mol. The van der Waals surface area contributed by atoms with Gasteiger partial charge in [-0.15, -0.1) is 0 Å². The van der Waals surface area contributed by atoms with Crippen molar-refractivity contribution in [3.8, 4) is 0 Å². The Morgan fingerprint density at radius 2 is 2.12 bits per heavy atom. The van der Waals surface area contributed by atoms with E-state index in [1.807, 2.05) is 13.8 Å². The number of carbonyl (C=O) groups excluding carboxylic acids is 1. The number of carbonyl (C=O) groups is 1. The Morgan fingerprint density at radius 3 is 2.59 bits per heavy atom. The molecule has 17 heavy (non-hydrogen) atoms. The van der Waals surface area contributed by atoms with E-state index < -0.39 is 18.8 Å². The van der Waals surface area contributed by atoms with E-state index in [2.05, 4.69) is 15.0 Å². The van der Waals surface area contributed by atoms with Crippen molar-refractivity contribution in [3.05, 3.63) is 0 Å². The molecule has 0 saturated heterocycles. The molecule has 98 valence electrons. The van der Waals surface area contributed by atoms with Gasteiger partial charge in [-0.25, -0.2) is 0 Å². The van der Waals surface area contributed by atoms with E-state index in [1.54, 1.807) is 0 Å². The van der Waals surface area contributed by atoms with Crippen LogP contribution in [-0.2, 0) is 9.53 Å². The molecule has 7 heteroatoms. The Kier molecular flexibility index (Phi) is 4.50. The Hall–Kier alpha value is -1.11. The highest BCUT2D eigenvalue weighted by molar-refractivity contribution is 6.05. The molecule has 1 aliphatic heterocycles. The van der Waals surface area contributed by atoms with Gasteiger partial charge < -0.3 is 10.1 Å². The quantitative estimate of drug-likeness (QED) is 0.754. The Morgan fingerprint density at radius 1 is 1.47 bits per heavy atom. The lowest BCUT2D eigenvalue weighted by Gasteiger charge is -2.07. The standard InChI is InChI=1S/C10H15F3N2O2/c1-6(2)8-9(16)15-7(14-8)3-4-17-5-10(11,12)13/h6,8H,3-5H2,1-2H3,(H,14,15,16). The van der Waals surface area contributed by atoms with Crippen LogP contribution in [0.2, 0.25) is 0 Å². The normalized spacial score (nSPS) is 20.7. The summed E-state index contributed by atoms with van der Waals surface area (Å²) in [6.45, 7) is 2.33. The second-order valence-electron chi connectivity index (χ2n) is 4.17. The van der Waals surface area contributed by atoms with Gasteiger partial charge in [0.2, 0.25) is 5.91 Å². The lowest BCUT2D eigenvalue weighted by Crippen LogP contribution is -2.31. The maximum absolute atomic E-state index is 11.8. The topological polar surface area (TPSA) is 50.7 Å². The van der Waals surface area contributed by atoms with Crippen LogP contribution in [0.3, 0.4) is 0 Å². The summed E-state index contributed by atoms with van der Waals surface area (Å²) in [5, 5.41) is 2.53. The molecule has 0 spiro atoms. The van der Waals surface area contributed by atoms with Crippen LogP contribution in [0.25, 0.3) is 0 Å². The maximum atomic E-state index is 11.8. The van der Waals surface area contributed by atoms with Gasteiger partial charge in [-0.05, 0) is 5.92 Å². The van der Waals surface area contributed by atoms with E-state index in [1.165, 1.54) is 0 Å². The molecule has 1 N–H and O–H groups in total. The van der Waals surface area contributed by atoms with Crippen molar-refractivity contribution in [2.24, 2.45) is 10.9 Å². The summed E-state index contributed by atoms with van der Waals surface area (Å²) in [5.41, 5.74) is 0. The van der Waals surface area contributed by atoms with E-state index in [-0.39, 0.29) is 24.9 Å². The van der Waals surface area contributed by atoms with Gasteiger partial charge in [-0.3, -0.25) is 9.79 Å². The van der Waals surface area contributed by atoms with Gasteiger partial charge in [0.25, 0.3) is 0 Å². The molecule has 1 aliphatic rings. The molecular formula is C10H15F3N2O2. The number of alkyl halides is 3. The zero-order chi connectivity index (χ0) is 13.1. The third-order valence-electron chi connectivity index (χ3n) is 2.21. The summed E-state index contributed by atoms with van der Waals surface area (Å²) >= 11 is 0. The summed E-state index contributed by atoms with van der Waals surface area (Å²) in [4.78, 5) is 15.5. The van der Waals surface area contributed by atoms with Crippen LogP contribution < -0.4 is 5.32 Å². The average molecular weight is 252 g/mol. The number of nitrogens with one attached hydrogen (secondary N) is 1. The fraction of sp³-hybridized carbons (Fsp3) is 0.800. The molecule has 0 fully saturated rings. The third-order valence-corrected chi connectivity index (χ3v) is 2.21. The van der Waals surface area contributed by atoms with Crippen LogP contribution in [0.5, 0.6) is 0 Å². The number of nitrogens with zero attached hydrogens (tertiary/aromatic N) is 1. The van der Waals surface area contributed by atoms with Crippen molar-refractivity contribution < 1.29 is 22.7 Å². The fourth-order valence-electron chi connectivity index (χ4n) is 1.41. The first kappa shape index (κ1) is 14.0. The predicted molar refractivity (Wildman–Crippen MR) is 55.7 cm³/mol. The van der Waals surface area contributed by atoms with Gasteiger partial charge >= 0.3 is 6.18 Å². The molecule has 1 heterocycles. The van der Waals surface area contributed by atoms with Crippen molar-refractivity contribution >= 4 is 11.7 Å². The van der Waals surface area contributed by atoms with Crippen molar-refractivity contribution in [1.82, 2.24) is 5.32 Å². The van der Waals surface area contributed by atoms with Gasteiger partial charge in [-0.1, -0.05) is 13.8 Å². The molecule has 1 rings (SSSR count). The minimum Gasteiger partial charge on any atom is -0.372 e. The Labute approximate surface area is 97.2 Å². The first-order valence-electron chi connectivity index (χ1n) is 5.31. The van der Waals surface area contributed by atoms with E-state index in [9.17, 15) is 18.0 Å². The second kappa shape index (κ2) is 5.48. The third kappa shape index (κ3) is 4.72. The minimum atomic E-state index is -4.32. The van der Waals surface area contributed by atoms with Crippen molar-refractivity contribution in [3.63, 3.8) is 0 Å². The molecule has 0 bridgehead atoms. The fourth-order valence-corrected chi connectivity index (χ4v) is 1.41. The molecule has 1 unspecified atom stereocenters. The first-order chi connectivity index (χ1) is 7.79. The maximum Gasteiger partial charge on any atom is 0.411 e. The Bertz CT molecular complexity index is 313. The average Bonchev–Trinajstić information content (AvgIpc) is 2.53. The van der Waals surface area contributed by atoms with E-state index in [0.29, 0.717) is 5.84 Å². The zero-order valence-electron chi connectivity index (χ0n) is 9.67. The molecule has 1 amide bonds. The highest BCUT2D eigenvalue weighted by atomic mass is 19.4. The van der Waals surface area contributed by atoms with Crippen molar-refractivity contribution in [2.45, 2.75) is 32.5 Å². The number of amidine groups is 1. The summed E-state index contributed by atoms with van der Waals surface area (Å²) in [6, 6.07) is -0.437. The van der Waals surface area contributed by atoms with E-state index in [4.69, 9.17) is 0 Å². The van der Waals surface area contributed by atoms with Gasteiger partial charge in [0, 0.05) is 6.42 Å². The van der Waals surface area contributed by atoms with Gasteiger partial charge in [0.1, 0.15) is 18.5 Å². The van der Waals surface area contributed by atoms with E-state index >= 15 is 0 Å². The van der Waals surface area contributed by atoms with Crippen molar-refractivity contribution in [1.29, 1.82) is 0 Å². The molecule has 0 aromatic heterocycles. The first-order valence-corrected chi connectivity index (χ1v) is 5.31. The lowest BCUT2D eigenvalue weighted by molar-refractivity contribution is -0.173. The van der Waals surface area contributed by atoms with Crippen LogP contribution in [0, 0.1) is 5.92 Å². The summed E-state index contributed by atoms with van der Waals surface area (Å²) in [7, 11) is 0. The van der Waals surface area contributed by atoms with Crippen LogP contribution in [0.1, 0.15) is 20.3 Å². The number of aliphatic imine (C=N–C) groups is 1. The van der Waals surface area contributed by atoms with Crippen LogP contribution in [-0.4, -0.2) is 37.2 Å². The highest BCUT2D eigenvalue weighted by Gasteiger charge is 2.29. The van der Waals surface area contributed by atoms with Crippen LogP contribution in [0.4, 0.5) is 13.2 Å². The van der Waals surface area contributed by atoms with Crippen LogP contribution in [0.15, 0.2) is 4.99 Å². The van der Waals surface area contributed by atoms with Crippen LogP contribution >= 0.6 is 0 Å². The molecule has 0 aromatic carbocycles. The molecule has 4 nitrogen and oxygen atoms in total.